The van der Waals surface area contributed by atoms with Crippen LogP contribution in [0.15, 0.2) is 24.3 Å². The van der Waals surface area contributed by atoms with Crippen molar-refractivity contribution < 1.29 is 24.6 Å². The van der Waals surface area contributed by atoms with E-state index in [1.54, 1.807) is 12.1 Å². The fourth-order valence-electron chi connectivity index (χ4n) is 1.29. The molecule has 0 aliphatic carbocycles. The third kappa shape index (κ3) is 3.94. The smallest absolute Gasteiger partial charge is 0.335 e. The normalized spacial score (nSPS) is 9.65. The second-order valence-corrected chi connectivity index (χ2v) is 3.31. The monoisotopic (exact) mass is 237 g/mol. The fraction of sp³-hybridized carbons (Fsp3) is 0.182. The SMILES string of the molecule is O=C(O)CNC(=O)Cc1ccccc1C(=O)O. The molecule has 0 saturated carbocycles. The Morgan fingerprint density at radius 1 is 1.12 bits per heavy atom. The maximum absolute atomic E-state index is 11.3. The Morgan fingerprint density at radius 2 is 1.76 bits per heavy atom. The van der Waals surface area contributed by atoms with Crippen LogP contribution in [-0.4, -0.2) is 34.6 Å². The van der Waals surface area contributed by atoms with Gasteiger partial charge in [0.15, 0.2) is 0 Å². The van der Waals surface area contributed by atoms with Crippen molar-refractivity contribution in [2.75, 3.05) is 6.54 Å². The summed E-state index contributed by atoms with van der Waals surface area (Å²) in [6.07, 6.45) is -0.157. The lowest BCUT2D eigenvalue weighted by Gasteiger charge is -2.05. The molecule has 3 N–H and O–H groups in total. The first-order chi connectivity index (χ1) is 8.00. The number of rotatable bonds is 5. The molecule has 0 heterocycles. The van der Waals surface area contributed by atoms with E-state index in [0.717, 1.165) is 0 Å². The van der Waals surface area contributed by atoms with Gasteiger partial charge in [0.1, 0.15) is 6.54 Å². The minimum atomic E-state index is -1.15. The number of carboxylic acid groups (broad SMARTS) is 2. The molecule has 6 nitrogen and oxygen atoms in total. The van der Waals surface area contributed by atoms with Crippen molar-refractivity contribution in [1.29, 1.82) is 0 Å². The standard InChI is InChI=1S/C11H11NO5/c13-9(12-6-10(14)15)5-7-3-1-2-4-8(7)11(16)17/h1-4H,5-6H2,(H,12,13)(H,14,15)(H,16,17). The van der Waals surface area contributed by atoms with Gasteiger partial charge in [-0.05, 0) is 11.6 Å². The highest BCUT2D eigenvalue weighted by molar-refractivity contribution is 5.92. The van der Waals surface area contributed by atoms with Crippen LogP contribution in [0.25, 0.3) is 0 Å². The number of nitrogens with one attached hydrogen (secondary N) is 1. The van der Waals surface area contributed by atoms with Gasteiger partial charge in [-0.25, -0.2) is 4.79 Å². The predicted octanol–water partition coefficient (Wildman–Crippen LogP) is 0.128. The topological polar surface area (TPSA) is 104 Å². The van der Waals surface area contributed by atoms with Crippen LogP contribution >= 0.6 is 0 Å². The Morgan fingerprint density at radius 3 is 2.35 bits per heavy atom. The third-order valence-electron chi connectivity index (χ3n) is 2.04. The Labute approximate surface area is 96.9 Å². The van der Waals surface area contributed by atoms with Crippen LogP contribution in [0.4, 0.5) is 0 Å². The second kappa shape index (κ2) is 5.64. The van der Waals surface area contributed by atoms with E-state index in [-0.39, 0.29) is 12.0 Å². The molecule has 0 spiro atoms. The third-order valence-corrected chi connectivity index (χ3v) is 2.04. The zero-order chi connectivity index (χ0) is 12.8. The van der Waals surface area contributed by atoms with E-state index in [1.807, 2.05) is 0 Å². The van der Waals surface area contributed by atoms with Gasteiger partial charge in [0, 0.05) is 0 Å². The zero-order valence-corrected chi connectivity index (χ0v) is 8.84. The van der Waals surface area contributed by atoms with Crippen LogP contribution in [0.2, 0.25) is 0 Å². The number of carbonyl (C=O) groups is 3. The van der Waals surface area contributed by atoms with Gasteiger partial charge in [-0.15, -0.1) is 0 Å². The van der Waals surface area contributed by atoms with Gasteiger partial charge < -0.3 is 15.5 Å². The quantitative estimate of drug-likeness (QED) is 0.675. The molecular weight excluding hydrogens is 226 g/mol. The fourth-order valence-corrected chi connectivity index (χ4v) is 1.29. The molecule has 0 saturated heterocycles. The summed E-state index contributed by atoms with van der Waals surface area (Å²) in [4.78, 5) is 32.4. The number of hydrogen-bond acceptors (Lipinski definition) is 3. The molecule has 1 aromatic rings. The molecule has 0 aromatic heterocycles. The average molecular weight is 237 g/mol. The second-order valence-electron chi connectivity index (χ2n) is 3.31. The van der Waals surface area contributed by atoms with E-state index < -0.39 is 24.4 Å². The lowest BCUT2D eigenvalue weighted by atomic mass is 10.0. The predicted molar refractivity (Wildman–Crippen MR) is 57.8 cm³/mol. The number of carbonyl (C=O) groups excluding carboxylic acids is 1. The van der Waals surface area contributed by atoms with Crippen molar-refractivity contribution in [3.8, 4) is 0 Å². The summed E-state index contributed by atoms with van der Waals surface area (Å²) in [5.41, 5.74) is 0.390. The first-order valence-electron chi connectivity index (χ1n) is 4.80. The minimum Gasteiger partial charge on any atom is -0.480 e. The molecule has 1 amide bonds. The van der Waals surface area contributed by atoms with Crippen LogP contribution < -0.4 is 5.32 Å². The lowest BCUT2D eigenvalue weighted by molar-refractivity contribution is -0.137. The molecule has 1 aromatic carbocycles. The van der Waals surface area contributed by atoms with E-state index in [0.29, 0.717) is 5.56 Å². The van der Waals surface area contributed by atoms with E-state index >= 15 is 0 Å². The van der Waals surface area contributed by atoms with Crippen molar-refractivity contribution in [1.82, 2.24) is 5.32 Å². The highest BCUT2D eigenvalue weighted by Gasteiger charge is 2.12. The number of benzene rings is 1. The summed E-state index contributed by atoms with van der Waals surface area (Å²) in [5.74, 6) is -2.79. The zero-order valence-electron chi connectivity index (χ0n) is 8.84. The van der Waals surface area contributed by atoms with Crippen molar-refractivity contribution in [3.05, 3.63) is 35.4 Å². The molecule has 0 unspecified atom stereocenters. The summed E-state index contributed by atoms with van der Waals surface area (Å²) in [7, 11) is 0. The molecule has 17 heavy (non-hydrogen) atoms. The molecule has 0 radical (unpaired) electrons. The van der Waals surface area contributed by atoms with E-state index in [2.05, 4.69) is 5.32 Å². The Bertz CT molecular complexity index is 455. The molecular formula is C11H11NO5. The highest BCUT2D eigenvalue weighted by atomic mass is 16.4. The van der Waals surface area contributed by atoms with E-state index in [9.17, 15) is 14.4 Å². The Kier molecular flexibility index (Phi) is 4.21. The van der Waals surface area contributed by atoms with Crippen molar-refractivity contribution in [2.45, 2.75) is 6.42 Å². The molecule has 0 aliphatic heterocycles. The Balaban J connectivity index is 2.71. The van der Waals surface area contributed by atoms with Gasteiger partial charge in [0.2, 0.25) is 5.91 Å². The molecule has 0 fully saturated rings. The summed E-state index contributed by atoms with van der Waals surface area (Å²) < 4.78 is 0. The number of hydrogen-bond donors (Lipinski definition) is 3. The van der Waals surface area contributed by atoms with E-state index in [4.69, 9.17) is 10.2 Å². The number of aliphatic carboxylic acids is 1. The van der Waals surface area contributed by atoms with Crippen LogP contribution in [0.1, 0.15) is 15.9 Å². The average Bonchev–Trinajstić information content (AvgIpc) is 2.27. The summed E-state index contributed by atoms with van der Waals surface area (Å²) in [6, 6.07) is 6.08. The first kappa shape index (κ1) is 12.7. The minimum absolute atomic E-state index is 0.0398. The maximum atomic E-state index is 11.3. The van der Waals surface area contributed by atoms with Crippen LogP contribution in [-0.2, 0) is 16.0 Å². The van der Waals surface area contributed by atoms with Gasteiger partial charge in [-0.3, -0.25) is 9.59 Å². The summed E-state index contributed by atoms with van der Waals surface area (Å²) in [5, 5.41) is 19.4. The largest absolute Gasteiger partial charge is 0.480 e. The summed E-state index contributed by atoms with van der Waals surface area (Å²) in [6.45, 7) is -0.478. The molecule has 6 heteroatoms. The summed E-state index contributed by atoms with van der Waals surface area (Å²) >= 11 is 0. The molecule has 0 bridgehead atoms. The van der Waals surface area contributed by atoms with E-state index in [1.165, 1.54) is 12.1 Å². The number of aromatic carboxylic acids is 1. The van der Waals surface area contributed by atoms with Crippen molar-refractivity contribution in [3.63, 3.8) is 0 Å². The molecule has 1 rings (SSSR count). The van der Waals surface area contributed by atoms with Crippen LogP contribution in [0, 0.1) is 0 Å². The van der Waals surface area contributed by atoms with Gasteiger partial charge in [-0.1, -0.05) is 18.2 Å². The van der Waals surface area contributed by atoms with Crippen molar-refractivity contribution in [2.24, 2.45) is 0 Å². The maximum Gasteiger partial charge on any atom is 0.335 e. The highest BCUT2D eigenvalue weighted by Crippen LogP contribution is 2.09. The van der Waals surface area contributed by atoms with Gasteiger partial charge in [-0.2, -0.15) is 0 Å². The van der Waals surface area contributed by atoms with Crippen LogP contribution in [0.5, 0.6) is 0 Å². The first-order valence-corrected chi connectivity index (χ1v) is 4.80. The molecule has 0 aliphatic rings. The van der Waals surface area contributed by atoms with Crippen LogP contribution in [0.3, 0.4) is 0 Å². The van der Waals surface area contributed by atoms with Crippen molar-refractivity contribution >= 4 is 17.8 Å². The lowest BCUT2D eigenvalue weighted by Crippen LogP contribution is -2.30. The molecule has 0 atom stereocenters. The Hall–Kier alpha value is -2.37. The van der Waals surface area contributed by atoms with Gasteiger partial charge in [0.25, 0.3) is 0 Å². The molecule has 90 valence electrons. The number of carboxylic acids is 2. The number of amides is 1. The van der Waals surface area contributed by atoms with Gasteiger partial charge in [0.05, 0.1) is 12.0 Å². The van der Waals surface area contributed by atoms with Gasteiger partial charge >= 0.3 is 11.9 Å².